The molecule has 0 fully saturated rings. The fourth-order valence-electron chi connectivity index (χ4n) is 0.719. The van der Waals surface area contributed by atoms with Crippen molar-refractivity contribution < 1.29 is 9.59 Å². The van der Waals surface area contributed by atoms with Crippen LogP contribution in [0.15, 0.2) is 0 Å². The van der Waals surface area contributed by atoms with E-state index in [4.69, 9.17) is 0 Å². The molecule has 0 rings (SSSR count). The molecule has 0 saturated heterocycles. The third kappa shape index (κ3) is 5.22. The molecule has 0 aromatic rings. The first-order valence-electron chi connectivity index (χ1n) is 4.58. The monoisotopic (exact) mass is 186 g/mol. The minimum Gasteiger partial charge on any atom is -0.346 e. The molecule has 0 aliphatic carbocycles. The highest BCUT2D eigenvalue weighted by Crippen LogP contribution is 1.87. The quantitative estimate of drug-likeness (QED) is 0.628. The number of rotatable bonds is 3. The molecule has 0 aromatic heterocycles. The van der Waals surface area contributed by atoms with Crippen molar-refractivity contribution in [3.63, 3.8) is 0 Å². The van der Waals surface area contributed by atoms with Crippen LogP contribution in [0.4, 0.5) is 0 Å². The lowest BCUT2D eigenvalue weighted by atomic mass is 10.2. The van der Waals surface area contributed by atoms with Gasteiger partial charge in [-0.15, -0.1) is 0 Å². The standard InChI is InChI=1S/C9H18N2O2/c1-5-7(4)11-9(13)8(12)10-6(2)3/h6-7H,5H2,1-4H3,(H,10,12)(H,11,13)/t7-/m0/s1. The van der Waals surface area contributed by atoms with Crippen LogP contribution >= 0.6 is 0 Å². The van der Waals surface area contributed by atoms with Gasteiger partial charge in [0.25, 0.3) is 0 Å². The van der Waals surface area contributed by atoms with Crippen LogP contribution in [0.5, 0.6) is 0 Å². The van der Waals surface area contributed by atoms with Gasteiger partial charge in [-0.05, 0) is 27.2 Å². The van der Waals surface area contributed by atoms with Crippen LogP contribution in [0.1, 0.15) is 34.1 Å². The zero-order chi connectivity index (χ0) is 10.4. The molecule has 4 heteroatoms. The molecule has 4 nitrogen and oxygen atoms in total. The Bertz CT molecular complexity index is 190. The van der Waals surface area contributed by atoms with Crippen LogP contribution in [0.25, 0.3) is 0 Å². The molecule has 0 unspecified atom stereocenters. The lowest BCUT2D eigenvalue weighted by Gasteiger charge is -2.12. The van der Waals surface area contributed by atoms with E-state index in [1.807, 2.05) is 27.7 Å². The number of carbonyl (C=O) groups excluding carboxylic acids is 2. The maximum Gasteiger partial charge on any atom is 0.309 e. The van der Waals surface area contributed by atoms with Crippen molar-refractivity contribution in [3.8, 4) is 0 Å². The summed E-state index contributed by atoms with van der Waals surface area (Å²) < 4.78 is 0. The van der Waals surface area contributed by atoms with Gasteiger partial charge in [0.05, 0.1) is 0 Å². The number of hydrogen-bond acceptors (Lipinski definition) is 2. The summed E-state index contributed by atoms with van der Waals surface area (Å²) in [5.74, 6) is -1.11. The number of nitrogens with one attached hydrogen (secondary N) is 2. The Morgan fingerprint density at radius 3 is 1.92 bits per heavy atom. The van der Waals surface area contributed by atoms with Crippen molar-refractivity contribution >= 4 is 11.8 Å². The van der Waals surface area contributed by atoms with Gasteiger partial charge in [0.2, 0.25) is 0 Å². The first kappa shape index (κ1) is 11.9. The summed E-state index contributed by atoms with van der Waals surface area (Å²) >= 11 is 0. The second kappa shape index (κ2) is 5.56. The first-order chi connectivity index (χ1) is 5.97. The largest absolute Gasteiger partial charge is 0.346 e. The molecule has 1 atom stereocenters. The normalized spacial score (nSPS) is 12.4. The average Bonchev–Trinajstić information content (AvgIpc) is 2.02. The first-order valence-corrected chi connectivity index (χ1v) is 4.58. The highest BCUT2D eigenvalue weighted by atomic mass is 16.2. The second-order valence-corrected chi connectivity index (χ2v) is 3.41. The maximum absolute atomic E-state index is 11.1. The smallest absolute Gasteiger partial charge is 0.309 e. The Morgan fingerprint density at radius 1 is 1.08 bits per heavy atom. The SMILES string of the molecule is CC[C@H](C)NC(=O)C(=O)NC(C)C. The van der Waals surface area contributed by atoms with Gasteiger partial charge < -0.3 is 10.6 Å². The zero-order valence-corrected chi connectivity index (χ0v) is 8.68. The van der Waals surface area contributed by atoms with Crippen LogP contribution in [0, 0.1) is 0 Å². The molecule has 0 heterocycles. The predicted molar refractivity (Wildman–Crippen MR) is 51.2 cm³/mol. The summed E-state index contributed by atoms with van der Waals surface area (Å²) in [6, 6.07) is 0.0422. The van der Waals surface area contributed by atoms with E-state index >= 15 is 0 Å². The van der Waals surface area contributed by atoms with Crippen molar-refractivity contribution in [1.82, 2.24) is 10.6 Å². The summed E-state index contributed by atoms with van der Waals surface area (Å²) in [7, 11) is 0. The van der Waals surface area contributed by atoms with E-state index in [0.717, 1.165) is 6.42 Å². The van der Waals surface area contributed by atoms with Gasteiger partial charge >= 0.3 is 11.8 Å². The van der Waals surface area contributed by atoms with E-state index in [1.165, 1.54) is 0 Å². The summed E-state index contributed by atoms with van der Waals surface area (Å²) in [5.41, 5.74) is 0. The van der Waals surface area contributed by atoms with Crippen LogP contribution in [-0.4, -0.2) is 23.9 Å². The second-order valence-electron chi connectivity index (χ2n) is 3.41. The fraction of sp³-hybridized carbons (Fsp3) is 0.778. The van der Waals surface area contributed by atoms with E-state index in [1.54, 1.807) is 0 Å². The molecule has 0 radical (unpaired) electrons. The third-order valence-electron chi connectivity index (χ3n) is 1.62. The van der Waals surface area contributed by atoms with Gasteiger partial charge in [-0.25, -0.2) is 0 Å². The van der Waals surface area contributed by atoms with Gasteiger partial charge in [-0.3, -0.25) is 9.59 Å². The number of carbonyl (C=O) groups is 2. The highest BCUT2D eigenvalue weighted by molar-refractivity contribution is 6.35. The van der Waals surface area contributed by atoms with Crippen LogP contribution in [-0.2, 0) is 9.59 Å². The molecule has 0 aliphatic heterocycles. The Labute approximate surface area is 79.1 Å². The number of hydrogen-bond donors (Lipinski definition) is 2. The molecular formula is C9H18N2O2. The van der Waals surface area contributed by atoms with Crippen molar-refractivity contribution in [2.45, 2.75) is 46.2 Å². The minimum atomic E-state index is -0.560. The Hall–Kier alpha value is -1.06. The topological polar surface area (TPSA) is 58.2 Å². The van der Waals surface area contributed by atoms with E-state index in [-0.39, 0.29) is 12.1 Å². The minimum absolute atomic E-state index is 0.00446. The predicted octanol–water partition coefficient (Wildman–Crippen LogP) is 0.426. The molecule has 0 spiro atoms. The maximum atomic E-state index is 11.1. The van der Waals surface area contributed by atoms with E-state index in [2.05, 4.69) is 10.6 Å². The summed E-state index contributed by atoms with van der Waals surface area (Å²) in [4.78, 5) is 22.2. The molecule has 0 saturated carbocycles. The lowest BCUT2D eigenvalue weighted by Crippen LogP contribution is -2.45. The van der Waals surface area contributed by atoms with E-state index < -0.39 is 11.8 Å². The van der Waals surface area contributed by atoms with Crippen molar-refractivity contribution in [2.75, 3.05) is 0 Å². The van der Waals surface area contributed by atoms with Crippen molar-refractivity contribution in [3.05, 3.63) is 0 Å². The average molecular weight is 186 g/mol. The van der Waals surface area contributed by atoms with Crippen LogP contribution in [0.2, 0.25) is 0 Å². The molecule has 13 heavy (non-hydrogen) atoms. The molecule has 0 aromatic carbocycles. The molecular weight excluding hydrogens is 168 g/mol. The summed E-state index contributed by atoms with van der Waals surface area (Å²) in [6.45, 7) is 7.44. The van der Waals surface area contributed by atoms with Gasteiger partial charge in [0.1, 0.15) is 0 Å². The summed E-state index contributed by atoms with van der Waals surface area (Å²) in [5, 5.41) is 5.10. The van der Waals surface area contributed by atoms with Crippen LogP contribution in [0.3, 0.4) is 0 Å². The molecule has 0 aliphatic rings. The van der Waals surface area contributed by atoms with E-state index in [0.29, 0.717) is 0 Å². The Morgan fingerprint density at radius 2 is 1.54 bits per heavy atom. The van der Waals surface area contributed by atoms with Gasteiger partial charge in [0.15, 0.2) is 0 Å². The summed E-state index contributed by atoms with van der Waals surface area (Å²) in [6.07, 6.45) is 0.820. The van der Waals surface area contributed by atoms with Crippen LogP contribution < -0.4 is 10.6 Å². The fourth-order valence-corrected chi connectivity index (χ4v) is 0.719. The molecule has 76 valence electrons. The highest BCUT2D eigenvalue weighted by Gasteiger charge is 2.15. The Balaban J connectivity index is 3.90. The lowest BCUT2D eigenvalue weighted by molar-refractivity contribution is -0.139. The molecule has 2 N–H and O–H groups in total. The van der Waals surface area contributed by atoms with Gasteiger partial charge in [-0.2, -0.15) is 0 Å². The molecule has 2 amide bonds. The zero-order valence-electron chi connectivity index (χ0n) is 8.68. The third-order valence-corrected chi connectivity index (χ3v) is 1.62. The number of amides is 2. The van der Waals surface area contributed by atoms with E-state index in [9.17, 15) is 9.59 Å². The molecule has 0 bridgehead atoms. The van der Waals surface area contributed by atoms with Crippen molar-refractivity contribution in [2.24, 2.45) is 0 Å². The van der Waals surface area contributed by atoms with Gasteiger partial charge in [-0.1, -0.05) is 6.92 Å². The van der Waals surface area contributed by atoms with Gasteiger partial charge in [0, 0.05) is 12.1 Å². The Kier molecular flexibility index (Phi) is 5.11. The van der Waals surface area contributed by atoms with Crippen molar-refractivity contribution in [1.29, 1.82) is 0 Å².